The molecule has 1 N–H and O–H groups in total. The summed E-state index contributed by atoms with van der Waals surface area (Å²) < 4.78 is 5.33. The molecule has 1 atom stereocenters. The fourth-order valence-corrected chi connectivity index (χ4v) is 2.36. The Hall–Kier alpha value is -0.860. The van der Waals surface area contributed by atoms with Crippen LogP contribution in [-0.4, -0.2) is 19.8 Å². The second-order valence-corrected chi connectivity index (χ2v) is 4.29. The summed E-state index contributed by atoms with van der Waals surface area (Å²) in [7, 11) is 0. The average Bonchev–Trinajstić information content (AvgIpc) is 2.73. The van der Waals surface area contributed by atoms with Gasteiger partial charge in [0.15, 0.2) is 0 Å². The number of fused-ring (bicyclic) bond motifs is 1. The summed E-state index contributed by atoms with van der Waals surface area (Å²) in [5.41, 5.74) is 3.02. The Bertz CT molecular complexity index is 324. The van der Waals surface area contributed by atoms with Gasteiger partial charge in [0.2, 0.25) is 0 Å². The monoisotopic (exact) mass is 219 g/mol. The molecule has 0 saturated carbocycles. The van der Waals surface area contributed by atoms with Gasteiger partial charge in [0, 0.05) is 19.3 Å². The highest BCUT2D eigenvalue weighted by Crippen LogP contribution is 2.30. The van der Waals surface area contributed by atoms with E-state index in [1.165, 1.54) is 24.0 Å². The molecule has 2 rings (SSSR count). The molecular weight excluding hydrogens is 198 g/mol. The van der Waals surface area contributed by atoms with E-state index in [2.05, 4.69) is 29.6 Å². The van der Waals surface area contributed by atoms with E-state index in [9.17, 15) is 0 Å². The minimum absolute atomic E-state index is 0.567. The van der Waals surface area contributed by atoms with Crippen molar-refractivity contribution in [3.8, 4) is 0 Å². The quantitative estimate of drug-likeness (QED) is 0.743. The van der Waals surface area contributed by atoms with E-state index in [4.69, 9.17) is 4.74 Å². The van der Waals surface area contributed by atoms with Crippen molar-refractivity contribution < 1.29 is 4.74 Å². The van der Waals surface area contributed by atoms with Gasteiger partial charge >= 0.3 is 0 Å². The molecule has 0 aliphatic heterocycles. The van der Waals surface area contributed by atoms with Crippen LogP contribution in [0.15, 0.2) is 24.3 Å². The van der Waals surface area contributed by atoms with Crippen molar-refractivity contribution in [2.45, 2.75) is 32.2 Å². The zero-order valence-electron chi connectivity index (χ0n) is 10.0. The molecule has 0 heterocycles. The molecule has 0 aromatic heterocycles. The van der Waals surface area contributed by atoms with Crippen LogP contribution in [0, 0.1) is 0 Å². The Labute approximate surface area is 98.0 Å². The number of ether oxygens (including phenoxy) is 1. The van der Waals surface area contributed by atoms with Crippen LogP contribution in [0.5, 0.6) is 0 Å². The highest BCUT2D eigenvalue weighted by molar-refractivity contribution is 5.34. The lowest BCUT2D eigenvalue weighted by Gasteiger charge is -2.13. The van der Waals surface area contributed by atoms with Gasteiger partial charge in [-0.05, 0) is 43.9 Å². The Morgan fingerprint density at radius 3 is 3.12 bits per heavy atom. The Balaban J connectivity index is 1.76. The SMILES string of the molecule is CCOCCCNC1CCc2ccccc21. The first-order valence-electron chi connectivity index (χ1n) is 6.30. The number of aryl methyl sites for hydroxylation is 1. The second kappa shape index (κ2) is 6.02. The zero-order valence-corrected chi connectivity index (χ0v) is 10.0. The van der Waals surface area contributed by atoms with Crippen LogP contribution in [0.3, 0.4) is 0 Å². The summed E-state index contributed by atoms with van der Waals surface area (Å²) in [5, 5.41) is 3.62. The summed E-state index contributed by atoms with van der Waals surface area (Å²) in [5.74, 6) is 0. The molecule has 88 valence electrons. The predicted octanol–water partition coefficient (Wildman–Crippen LogP) is 2.69. The minimum atomic E-state index is 0.567. The lowest BCUT2D eigenvalue weighted by atomic mass is 10.1. The van der Waals surface area contributed by atoms with Gasteiger partial charge < -0.3 is 10.1 Å². The van der Waals surface area contributed by atoms with Crippen molar-refractivity contribution in [2.75, 3.05) is 19.8 Å². The van der Waals surface area contributed by atoms with Crippen LogP contribution < -0.4 is 5.32 Å². The van der Waals surface area contributed by atoms with Gasteiger partial charge in [-0.15, -0.1) is 0 Å². The molecule has 2 nitrogen and oxygen atoms in total. The maximum Gasteiger partial charge on any atom is 0.0477 e. The van der Waals surface area contributed by atoms with E-state index in [0.717, 1.165) is 26.2 Å². The first-order chi connectivity index (χ1) is 7.92. The van der Waals surface area contributed by atoms with E-state index < -0.39 is 0 Å². The van der Waals surface area contributed by atoms with Crippen LogP contribution in [0.1, 0.15) is 36.9 Å². The van der Waals surface area contributed by atoms with Crippen molar-refractivity contribution in [1.29, 1.82) is 0 Å². The molecule has 0 spiro atoms. The average molecular weight is 219 g/mol. The third-order valence-corrected chi connectivity index (χ3v) is 3.19. The Kier molecular flexibility index (Phi) is 4.37. The number of benzene rings is 1. The summed E-state index contributed by atoms with van der Waals surface area (Å²) in [4.78, 5) is 0. The molecule has 0 saturated heterocycles. The molecule has 1 aromatic rings. The van der Waals surface area contributed by atoms with Crippen LogP contribution in [-0.2, 0) is 11.2 Å². The highest BCUT2D eigenvalue weighted by atomic mass is 16.5. The Morgan fingerprint density at radius 1 is 1.38 bits per heavy atom. The van der Waals surface area contributed by atoms with E-state index in [1.54, 1.807) is 0 Å². The van der Waals surface area contributed by atoms with Crippen molar-refractivity contribution >= 4 is 0 Å². The fourth-order valence-electron chi connectivity index (χ4n) is 2.36. The highest BCUT2D eigenvalue weighted by Gasteiger charge is 2.20. The minimum Gasteiger partial charge on any atom is -0.382 e. The topological polar surface area (TPSA) is 21.3 Å². The number of hydrogen-bond donors (Lipinski definition) is 1. The molecule has 1 aliphatic rings. The van der Waals surface area contributed by atoms with Crippen LogP contribution in [0.2, 0.25) is 0 Å². The van der Waals surface area contributed by atoms with E-state index in [-0.39, 0.29) is 0 Å². The molecular formula is C14H21NO. The molecule has 1 aromatic carbocycles. The van der Waals surface area contributed by atoms with Gasteiger partial charge in [-0.25, -0.2) is 0 Å². The molecule has 0 radical (unpaired) electrons. The van der Waals surface area contributed by atoms with Crippen LogP contribution in [0.4, 0.5) is 0 Å². The smallest absolute Gasteiger partial charge is 0.0477 e. The molecule has 0 bridgehead atoms. The summed E-state index contributed by atoms with van der Waals surface area (Å²) >= 11 is 0. The molecule has 1 unspecified atom stereocenters. The van der Waals surface area contributed by atoms with Crippen molar-refractivity contribution in [2.24, 2.45) is 0 Å². The molecule has 0 amide bonds. The summed E-state index contributed by atoms with van der Waals surface area (Å²) in [6.45, 7) is 4.80. The maximum atomic E-state index is 5.33. The van der Waals surface area contributed by atoms with Crippen LogP contribution in [0.25, 0.3) is 0 Å². The van der Waals surface area contributed by atoms with E-state index >= 15 is 0 Å². The number of hydrogen-bond acceptors (Lipinski definition) is 2. The second-order valence-electron chi connectivity index (χ2n) is 4.29. The van der Waals surface area contributed by atoms with Gasteiger partial charge in [0.1, 0.15) is 0 Å². The van der Waals surface area contributed by atoms with Crippen molar-refractivity contribution in [3.63, 3.8) is 0 Å². The van der Waals surface area contributed by atoms with Gasteiger partial charge in [0.05, 0.1) is 0 Å². The van der Waals surface area contributed by atoms with Gasteiger partial charge in [-0.1, -0.05) is 24.3 Å². The standard InChI is InChI=1S/C14H21NO/c1-2-16-11-5-10-15-14-9-8-12-6-3-4-7-13(12)14/h3-4,6-7,14-15H,2,5,8-11H2,1H3. The molecule has 2 heteroatoms. The van der Waals surface area contributed by atoms with E-state index in [1.807, 2.05) is 6.92 Å². The third-order valence-electron chi connectivity index (χ3n) is 3.19. The lowest BCUT2D eigenvalue weighted by molar-refractivity contribution is 0.144. The predicted molar refractivity (Wildman–Crippen MR) is 66.6 cm³/mol. The summed E-state index contributed by atoms with van der Waals surface area (Å²) in [6.07, 6.45) is 3.57. The maximum absolute atomic E-state index is 5.33. The summed E-state index contributed by atoms with van der Waals surface area (Å²) in [6, 6.07) is 9.34. The van der Waals surface area contributed by atoms with Crippen LogP contribution >= 0.6 is 0 Å². The normalized spacial score (nSPS) is 18.7. The zero-order chi connectivity index (χ0) is 11.2. The van der Waals surface area contributed by atoms with Gasteiger partial charge in [-0.3, -0.25) is 0 Å². The van der Waals surface area contributed by atoms with Crippen molar-refractivity contribution in [1.82, 2.24) is 5.32 Å². The van der Waals surface area contributed by atoms with Gasteiger partial charge in [0.25, 0.3) is 0 Å². The Morgan fingerprint density at radius 2 is 2.25 bits per heavy atom. The third kappa shape index (κ3) is 2.83. The number of nitrogens with one attached hydrogen (secondary N) is 1. The van der Waals surface area contributed by atoms with E-state index in [0.29, 0.717) is 6.04 Å². The molecule has 1 aliphatic carbocycles. The first-order valence-corrected chi connectivity index (χ1v) is 6.30. The van der Waals surface area contributed by atoms with Crippen molar-refractivity contribution in [3.05, 3.63) is 35.4 Å². The first kappa shape index (κ1) is 11.6. The number of rotatable bonds is 6. The fraction of sp³-hybridized carbons (Fsp3) is 0.571. The van der Waals surface area contributed by atoms with Gasteiger partial charge in [-0.2, -0.15) is 0 Å². The largest absolute Gasteiger partial charge is 0.382 e. The molecule has 0 fully saturated rings. The molecule has 16 heavy (non-hydrogen) atoms. The lowest BCUT2D eigenvalue weighted by Crippen LogP contribution is -2.21.